The van der Waals surface area contributed by atoms with Crippen LogP contribution in [0.4, 0.5) is 5.69 Å². The molecule has 0 unspecified atom stereocenters. The molecule has 1 rings (SSSR count). The molecule has 6 heteroatoms. The van der Waals surface area contributed by atoms with Gasteiger partial charge in [-0.2, -0.15) is 0 Å². The lowest BCUT2D eigenvalue weighted by atomic mass is 10.2. The number of nitrogens with one attached hydrogen (secondary N) is 2. The monoisotopic (exact) mass is 314 g/mol. The van der Waals surface area contributed by atoms with Crippen molar-refractivity contribution in [2.24, 2.45) is 0 Å². The van der Waals surface area contributed by atoms with E-state index >= 15 is 0 Å². The summed E-state index contributed by atoms with van der Waals surface area (Å²) in [6.45, 7) is 3.49. The maximum absolute atomic E-state index is 11.9. The molecule has 5 nitrogen and oxygen atoms in total. The van der Waals surface area contributed by atoms with E-state index in [4.69, 9.17) is 5.11 Å². The SMILES string of the molecule is CCCNS(=O)(=O)c1ccc(NCCCCCCO)cc1. The molecule has 0 aliphatic rings. The molecule has 0 aromatic heterocycles. The van der Waals surface area contributed by atoms with Crippen LogP contribution in [0.1, 0.15) is 39.0 Å². The molecule has 1 aromatic carbocycles. The Morgan fingerprint density at radius 1 is 1.00 bits per heavy atom. The molecule has 120 valence electrons. The first-order valence-electron chi connectivity index (χ1n) is 7.54. The van der Waals surface area contributed by atoms with E-state index in [9.17, 15) is 8.42 Å². The van der Waals surface area contributed by atoms with E-state index in [-0.39, 0.29) is 6.61 Å². The van der Waals surface area contributed by atoms with E-state index in [0.717, 1.165) is 44.3 Å². The van der Waals surface area contributed by atoms with Crippen molar-refractivity contribution in [1.82, 2.24) is 4.72 Å². The van der Waals surface area contributed by atoms with Gasteiger partial charge in [0.2, 0.25) is 10.0 Å². The van der Waals surface area contributed by atoms with Crippen LogP contribution in [-0.2, 0) is 10.0 Å². The van der Waals surface area contributed by atoms with Gasteiger partial charge in [-0.15, -0.1) is 0 Å². The first-order chi connectivity index (χ1) is 10.1. The van der Waals surface area contributed by atoms with Gasteiger partial charge in [0.1, 0.15) is 0 Å². The van der Waals surface area contributed by atoms with Crippen molar-refractivity contribution in [2.45, 2.75) is 43.9 Å². The van der Waals surface area contributed by atoms with Gasteiger partial charge in [-0.3, -0.25) is 0 Å². The predicted molar refractivity (Wildman–Crippen MR) is 86.0 cm³/mol. The quantitative estimate of drug-likeness (QED) is 0.548. The van der Waals surface area contributed by atoms with Crippen molar-refractivity contribution in [2.75, 3.05) is 25.0 Å². The fourth-order valence-corrected chi connectivity index (χ4v) is 3.03. The third-order valence-electron chi connectivity index (χ3n) is 3.12. The molecule has 0 aliphatic carbocycles. The molecule has 1 aromatic rings. The summed E-state index contributed by atoms with van der Waals surface area (Å²) in [5.74, 6) is 0. The molecule has 0 atom stereocenters. The van der Waals surface area contributed by atoms with Gasteiger partial charge in [0.15, 0.2) is 0 Å². The van der Waals surface area contributed by atoms with Crippen molar-refractivity contribution >= 4 is 15.7 Å². The fraction of sp³-hybridized carbons (Fsp3) is 0.600. The average Bonchev–Trinajstić information content (AvgIpc) is 2.49. The molecule has 3 N–H and O–H groups in total. The molecule has 21 heavy (non-hydrogen) atoms. The highest BCUT2D eigenvalue weighted by Crippen LogP contribution is 2.14. The number of sulfonamides is 1. The first-order valence-corrected chi connectivity index (χ1v) is 9.03. The van der Waals surface area contributed by atoms with Crippen molar-refractivity contribution in [1.29, 1.82) is 0 Å². The number of rotatable bonds is 11. The molecule has 0 aliphatic heterocycles. The normalized spacial score (nSPS) is 11.5. The lowest BCUT2D eigenvalue weighted by Gasteiger charge is -2.08. The Bertz CT molecular complexity index is 486. The fourth-order valence-electron chi connectivity index (χ4n) is 1.89. The summed E-state index contributed by atoms with van der Waals surface area (Å²) >= 11 is 0. The molecule has 0 radical (unpaired) electrons. The van der Waals surface area contributed by atoms with Crippen LogP contribution in [0.5, 0.6) is 0 Å². The first kappa shape index (κ1) is 17.9. The van der Waals surface area contributed by atoms with E-state index in [1.165, 1.54) is 0 Å². The highest BCUT2D eigenvalue weighted by molar-refractivity contribution is 7.89. The van der Waals surface area contributed by atoms with Gasteiger partial charge in [0.05, 0.1) is 4.90 Å². The zero-order valence-corrected chi connectivity index (χ0v) is 13.5. The lowest BCUT2D eigenvalue weighted by molar-refractivity contribution is 0.283. The molecule has 0 heterocycles. The molecular formula is C15H26N2O3S. The minimum atomic E-state index is -3.38. The Kier molecular flexibility index (Phi) is 8.34. The number of hydrogen-bond donors (Lipinski definition) is 3. The van der Waals surface area contributed by atoms with Gasteiger partial charge in [-0.1, -0.05) is 19.8 Å². The zero-order valence-electron chi connectivity index (χ0n) is 12.6. The second-order valence-corrected chi connectivity index (χ2v) is 6.75. The second kappa shape index (κ2) is 9.76. The van der Waals surface area contributed by atoms with Gasteiger partial charge >= 0.3 is 0 Å². The van der Waals surface area contributed by atoms with Gasteiger partial charge in [-0.25, -0.2) is 13.1 Å². The van der Waals surface area contributed by atoms with E-state index in [1.54, 1.807) is 24.3 Å². The second-order valence-electron chi connectivity index (χ2n) is 4.99. The zero-order chi connectivity index (χ0) is 15.6. The van der Waals surface area contributed by atoms with Gasteiger partial charge < -0.3 is 10.4 Å². The van der Waals surface area contributed by atoms with Gasteiger partial charge in [0, 0.05) is 25.4 Å². The predicted octanol–water partition coefficient (Wildman–Crippen LogP) is 2.34. The maximum atomic E-state index is 11.9. The van der Waals surface area contributed by atoms with Crippen LogP contribution in [0.25, 0.3) is 0 Å². The Hall–Kier alpha value is -1.11. The van der Waals surface area contributed by atoms with Crippen LogP contribution in [0.15, 0.2) is 29.2 Å². The van der Waals surface area contributed by atoms with Gasteiger partial charge in [0.25, 0.3) is 0 Å². The summed E-state index contributed by atoms with van der Waals surface area (Å²) in [7, 11) is -3.38. The third-order valence-corrected chi connectivity index (χ3v) is 4.60. The molecule has 0 amide bonds. The van der Waals surface area contributed by atoms with E-state index in [0.29, 0.717) is 11.4 Å². The van der Waals surface area contributed by atoms with E-state index in [1.807, 2.05) is 6.92 Å². The smallest absolute Gasteiger partial charge is 0.240 e. The highest BCUT2D eigenvalue weighted by Gasteiger charge is 2.12. The number of hydrogen-bond acceptors (Lipinski definition) is 4. The molecule has 0 saturated carbocycles. The van der Waals surface area contributed by atoms with Crippen molar-refractivity contribution < 1.29 is 13.5 Å². The topological polar surface area (TPSA) is 78.4 Å². The number of unbranched alkanes of at least 4 members (excludes halogenated alkanes) is 3. The van der Waals surface area contributed by atoms with Crippen LogP contribution in [-0.4, -0.2) is 33.2 Å². The van der Waals surface area contributed by atoms with Crippen LogP contribution in [0.2, 0.25) is 0 Å². The van der Waals surface area contributed by atoms with Crippen molar-refractivity contribution in [3.8, 4) is 0 Å². The number of aliphatic hydroxyl groups excluding tert-OH is 1. The van der Waals surface area contributed by atoms with E-state index < -0.39 is 10.0 Å². The molecular weight excluding hydrogens is 288 g/mol. The standard InChI is InChI=1S/C15H26N2O3S/c1-2-11-17-21(19,20)15-9-7-14(8-10-15)16-12-5-3-4-6-13-18/h7-10,16-18H,2-6,11-13H2,1H3. The summed E-state index contributed by atoms with van der Waals surface area (Å²) in [6, 6.07) is 6.81. The highest BCUT2D eigenvalue weighted by atomic mass is 32.2. The van der Waals surface area contributed by atoms with Crippen LogP contribution < -0.4 is 10.0 Å². The largest absolute Gasteiger partial charge is 0.396 e. The molecule has 0 saturated heterocycles. The minimum Gasteiger partial charge on any atom is -0.396 e. The number of benzene rings is 1. The van der Waals surface area contributed by atoms with Crippen molar-refractivity contribution in [3.63, 3.8) is 0 Å². The number of anilines is 1. The average molecular weight is 314 g/mol. The summed E-state index contributed by atoms with van der Waals surface area (Å²) in [5, 5.41) is 11.9. The number of aliphatic hydroxyl groups is 1. The Morgan fingerprint density at radius 3 is 2.29 bits per heavy atom. The molecule has 0 bridgehead atoms. The van der Waals surface area contributed by atoms with Crippen molar-refractivity contribution in [3.05, 3.63) is 24.3 Å². The van der Waals surface area contributed by atoms with Gasteiger partial charge in [-0.05, 0) is 43.5 Å². The third kappa shape index (κ3) is 6.93. The Morgan fingerprint density at radius 2 is 1.67 bits per heavy atom. The maximum Gasteiger partial charge on any atom is 0.240 e. The summed E-state index contributed by atoms with van der Waals surface area (Å²) < 4.78 is 26.4. The molecule has 0 fully saturated rings. The molecule has 0 spiro atoms. The summed E-state index contributed by atoms with van der Waals surface area (Å²) in [4.78, 5) is 0.296. The minimum absolute atomic E-state index is 0.259. The van der Waals surface area contributed by atoms with Crippen LogP contribution >= 0.6 is 0 Å². The van der Waals surface area contributed by atoms with Crippen LogP contribution in [0.3, 0.4) is 0 Å². The van der Waals surface area contributed by atoms with E-state index in [2.05, 4.69) is 10.0 Å². The Balaban J connectivity index is 2.40. The van der Waals surface area contributed by atoms with Crippen LogP contribution in [0, 0.1) is 0 Å². The summed E-state index contributed by atoms with van der Waals surface area (Å²) in [6.07, 6.45) is 4.80. The summed E-state index contributed by atoms with van der Waals surface area (Å²) in [5.41, 5.74) is 0.923. The lowest BCUT2D eigenvalue weighted by Crippen LogP contribution is -2.24. The Labute approximate surface area is 127 Å².